The zero-order valence-corrected chi connectivity index (χ0v) is 28.1. The van der Waals surface area contributed by atoms with E-state index in [1.165, 1.54) is 4.68 Å². The first-order valence-corrected chi connectivity index (χ1v) is 15.2. The highest BCUT2D eigenvalue weighted by molar-refractivity contribution is 5.80. The fourth-order valence-corrected chi connectivity index (χ4v) is 5.29. The van der Waals surface area contributed by atoms with E-state index in [1.807, 2.05) is 72.2 Å². The van der Waals surface area contributed by atoms with E-state index < -0.39 is 11.7 Å². The average Bonchev–Trinajstić information content (AvgIpc) is 3.58. The van der Waals surface area contributed by atoms with Crippen molar-refractivity contribution in [2.75, 3.05) is 68.7 Å². The number of carbonyl (C=O) groups excluding carboxylic acids is 1. The van der Waals surface area contributed by atoms with Crippen LogP contribution in [0.25, 0.3) is 11.3 Å². The minimum Gasteiger partial charge on any atom is -0.494 e. The van der Waals surface area contributed by atoms with Crippen LogP contribution in [0.15, 0.2) is 48.9 Å². The van der Waals surface area contributed by atoms with Crippen LogP contribution < -0.4 is 25.6 Å². The van der Waals surface area contributed by atoms with E-state index in [9.17, 15) is 4.79 Å². The van der Waals surface area contributed by atoms with Crippen molar-refractivity contribution < 1.29 is 14.3 Å². The van der Waals surface area contributed by atoms with Gasteiger partial charge in [0.05, 0.1) is 47.4 Å². The number of nitrogens with zero attached hydrogens (tertiary/aromatic N) is 8. The van der Waals surface area contributed by atoms with E-state index in [4.69, 9.17) is 25.2 Å². The van der Waals surface area contributed by atoms with Gasteiger partial charge < -0.3 is 35.2 Å². The Bertz CT molecular complexity index is 1730. The third-order valence-corrected chi connectivity index (χ3v) is 7.62. The summed E-state index contributed by atoms with van der Waals surface area (Å²) in [5.41, 5.74) is 11.1. The zero-order valence-electron chi connectivity index (χ0n) is 28.1. The molecule has 13 heteroatoms. The minimum absolute atomic E-state index is 0.281. The number of benzene rings is 1. The van der Waals surface area contributed by atoms with Crippen molar-refractivity contribution >= 4 is 40.6 Å². The van der Waals surface area contributed by atoms with Gasteiger partial charge in [0.1, 0.15) is 17.2 Å². The van der Waals surface area contributed by atoms with E-state index in [1.54, 1.807) is 25.7 Å². The van der Waals surface area contributed by atoms with Gasteiger partial charge in [-0.25, -0.2) is 14.8 Å². The molecule has 0 fully saturated rings. The molecule has 3 N–H and O–H groups in total. The fourth-order valence-electron chi connectivity index (χ4n) is 5.29. The molecule has 46 heavy (non-hydrogen) atoms. The largest absolute Gasteiger partial charge is 0.494 e. The van der Waals surface area contributed by atoms with Crippen LogP contribution in [0.5, 0.6) is 5.75 Å². The molecule has 0 amide bonds. The monoisotopic (exact) mass is 628 g/mol. The minimum atomic E-state index is -0.619. The maximum atomic E-state index is 12.5. The van der Waals surface area contributed by atoms with E-state index in [-0.39, 0.29) is 5.41 Å². The molecule has 0 saturated heterocycles. The smallest absolute Gasteiger partial charge is 0.435 e. The Morgan fingerprint density at radius 3 is 2.57 bits per heavy atom. The summed E-state index contributed by atoms with van der Waals surface area (Å²) in [4.78, 5) is 33.2. The van der Waals surface area contributed by atoms with Gasteiger partial charge in [-0.05, 0) is 59.1 Å². The highest BCUT2D eigenvalue weighted by Crippen LogP contribution is 2.44. The molecule has 1 aliphatic heterocycles. The van der Waals surface area contributed by atoms with Gasteiger partial charge in [0.15, 0.2) is 0 Å². The number of methoxy groups -OCH3 is 1. The lowest BCUT2D eigenvalue weighted by molar-refractivity contribution is 0.0514. The number of ether oxygens (including phenoxy) is 2. The lowest BCUT2D eigenvalue weighted by atomic mass is 9.91. The molecule has 4 aromatic rings. The van der Waals surface area contributed by atoms with Crippen LogP contribution in [0.1, 0.15) is 40.3 Å². The van der Waals surface area contributed by atoms with Crippen LogP contribution in [0.3, 0.4) is 0 Å². The fraction of sp³-hybridized carbons (Fsp3) is 0.424. The molecule has 1 aliphatic rings. The number of nitrogens with two attached hydrogens (primary N) is 1. The molecule has 244 valence electrons. The van der Waals surface area contributed by atoms with Crippen molar-refractivity contribution in [3.63, 3.8) is 0 Å². The number of anilines is 6. The highest BCUT2D eigenvalue weighted by Gasteiger charge is 2.38. The molecule has 0 aliphatic carbocycles. The van der Waals surface area contributed by atoms with Crippen molar-refractivity contribution in [2.45, 2.75) is 45.6 Å². The van der Waals surface area contributed by atoms with E-state index >= 15 is 0 Å². The van der Waals surface area contributed by atoms with Crippen LogP contribution in [0, 0.1) is 0 Å². The van der Waals surface area contributed by atoms with Crippen molar-refractivity contribution in [1.82, 2.24) is 29.6 Å². The molecule has 0 radical (unpaired) electrons. The Balaban J connectivity index is 1.39. The molecule has 13 nitrogen and oxygen atoms in total. The second kappa shape index (κ2) is 12.5. The van der Waals surface area contributed by atoms with Gasteiger partial charge in [-0.15, -0.1) is 0 Å². The van der Waals surface area contributed by atoms with Crippen molar-refractivity contribution in [3.8, 4) is 17.0 Å². The number of nitrogens with one attached hydrogen (secondary N) is 1. The molecule has 3 aromatic heterocycles. The van der Waals surface area contributed by atoms with E-state index in [0.717, 1.165) is 41.5 Å². The van der Waals surface area contributed by atoms with Crippen LogP contribution >= 0.6 is 0 Å². The van der Waals surface area contributed by atoms with Gasteiger partial charge in [0.2, 0.25) is 5.95 Å². The third-order valence-electron chi connectivity index (χ3n) is 7.62. The molecule has 5 rings (SSSR count). The number of likely N-dealkylation sites (N-methyl/N-ethyl adjacent to an activating group) is 2. The first-order valence-electron chi connectivity index (χ1n) is 15.2. The quantitative estimate of drug-likeness (QED) is 0.233. The summed E-state index contributed by atoms with van der Waals surface area (Å²) in [6.45, 7) is 12.1. The standard InChI is InChI=1S/C33H44N10O3/c1-32(2,3)46-31(44)43-19-21(18-36-43)23-10-11-25-29(37-23)33(4,5)20-42(25)28-12-13-35-30(39-28)38-24-16-22(34)26(17-27(24)45-9)41(8)15-14-40(6)7/h10-13,16-19H,14-15,20,34H2,1-9H3,(H,35,38,39). The van der Waals surface area contributed by atoms with Gasteiger partial charge >= 0.3 is 6.09 Å². The summed E-state index contributed by atoms with van der Waals surface area (Å²) < 4.78 is 12.4. The summed E-state index contributed by atoms with van der Waals surface area (Å²) in [5, 5.41) is 7.51. The summed E-state index contributed by atoms with van der Waals surface area (Å²) >= 11 is 0. The van der Waals surface area contributed by atoms with E-state index in [0.29, 0.717) is 35.3 Å². The van der Waals surface area contributed by atoms with E-state index in [2.05, 4.69) is 43.9 Å². The SMILES string of the molecule is COc1cc(N(C)CCN(C)C)c(N)cc1Nc1nccc(N2CC(C)(C)c3nc(-c4cnn(C(=O)OC(C)(C)C)c4)ccc32)n1. The molecule has 0 unspecified atom stereocenters. The Hall–Kier alpha value is -4.91. The number of pyridine rings is 1. The molecule has 0 atom stereocenters. The number of nitrogen functional groups attached to an aromatic ring is 1. The Labute approximate surface area is 270 Å². The number of hydrogen-bond acceptors (Lipinski definition) is 12. The second-order valence-corrected chi connectivity index (χ2v) is 13.4. The molecule has 4 heterocycles. The Kier molecular flexibility index (Phi) is 8.81. The molecule has 0 spiro atoms. The van der Waals surface area contributed by atoms with Crippen molar-refractivity contribution in [2.24, 2.45) is 0 Å². The normalized spacial score (nSPS) is 13.9. The maximum Gasteiger partial charge on any atom is 0.435 e. The summed E-state index contributed by atoms with van der Waals surface area (Å²) in [6, 6.07) is 9.61. The van der Waals surface area contributed by atoms with Crippen LogP contribution in [-0.4, -0.2) is 89.2 Å². The first-order chi connectivity index (χ1) is 21.6. The number of rotatable bonds is 9. The number of carbonyl (C=O) groups is 1. The lowest BCUT2D eigenvalue weighted by Gasteiger charge is -2.24. The number of fused-ring (bicyclic) bond motifs is 1. The van der Waals surface area contributed by atoms with Crippen molar-refractivity contribution in [3.05, 3.63) is 54.6 Å². The predicted molar refractivity (Wildman–Crippen MR) is 182 cm³/mol. The average molecular weight is 629 g/mol. The van der Waals surface area contributed by atoms with Gasteiger partial charge in [-0.3, -0.25) is 0 Å². The lowest BCUT2D eigenvalue weighted by Crippen LogP contribution is -2.29. The maximum absolute atomic E-state index is 12.5. The van der Waals surface area contributed by atoms with Gasteiger partial charge in [-0.2, -0.15) is 14.8 Å². The number of hydrogen-bond donors (Lipinski definition) is 2. The summed E-state index contributed by atoms with van der Waals surface area (Å²) in [7, 11) is 7.73. The molecule has 1 aromatic carbocycles. The van der Waals surface area contributed by atoms with Crippen LogP contribution in [0.4, 0.5) is 39.3 Å². The van der Waals surface area contributed by atoms with Crippen LogP contribution in [-0.2, 0) is 10.2 Å². The molecule has 0 saturated carbocycles. The van der Waals surface area contributed by atoms with Crippen LogP contribution in [0.2, 0.25) is 0 Å². The zero-order chi connectivity index (χ0) is 33.4. The Morgan fingerprint density at radius 1 is 1.11 bits per heavy atom. The molecular weight excluding hydrogens is 584 g/mol. The Morgan fingerprint density at radius 2 is 1.87 bits per heavy atom. The second-order valence-electron chi connectivity index (χ2n) is 13.4. The molecular formula is C33H44N10O3. The highest BCUT2D eigenvalue weighted by atomic mass is 16.6. The van der Waals surface area contributed by atoms with Gasteiger partial charge in [-0.1, -0.05) is 13.8 Å². The number of aromatic nitrogens is 5. The van der Waals surface area contributed by atoms with Gasteiger partial charge in [0.25, 0.3) is 0 Å². The topological polar surface area (TPSA) is 140 Å². The van der Waals surface area contributed by atoms with Crippen molar-refractivity contribution in [1.29, 1.82) is 0 Å². The summed E-state index contributed by atoms with van der Waals surface area (Å²) in [5.74, 6) is 1.77. The summed E-state index contributed by atoms with van der Waals surface area (Å²) in [6.07, 6.45) is 4.45. The first kappa shape index (κ1) is 32.5. The third kappa shape index (κ3) is 6.99. The molecule has 0 bridgehead atoms. The van der Waals surface area contributed by atoms with Gasteiger partial charge in [0, 0.05) is 56.1 Å². The predicted octanol–water partition coefficient (Wildman–Crippen LogP) is 5.28.